The van der Waals surface area contributed by atoms with Gasteiger partial charge in [0.2, 0.25) is 0 Å². The molecule has 0 spiro atoms. The van der Waals surface area contributed by atoms with Crippen LogP contribution in [0.25, 0.3) is 0 Å². The molecule has 0 aliphatic carbocycles. The van der Waals surface area contributed by atoms with Crippen LogP contribution in [-0.4, -0.2) is 16.8 Å². The molecule has 1 aromatic rings. The minimum Gasteiger partial charge on any atom is -0.344 e. The van der Waals surface area contributed by atoms with Crippen LogP contribution >= 0.6 is 0 Å². The highest BCUT2D eigenvalue weighted by molar-refractivity contribution is 5.42. The van der Waals surface area contributed by atoms with E-state index in [0.29, 0.717) is 18.4 Å². The van der Waals surface area contributed by atoms with Gasteiger partial charge < -0.3 is 9.47 Å². The molecule has 2 rings (SSSR count). The minimum absolute atomic E-state index is 0.0488. The molecule has 1 aromatic carbocycles. The van der Waals surface area contributed by atoms with Crippen LogP contribution in [-0.2, 0) is 9.47 Å². The predicted molar refractivity (Wildman–Crippen MR) is 70.5 cm³/mol. The Hall–Kier alpha value is -1.46. The molecule has 0 amide bonds. The third-order valence-corrected chi connectivity index (χ3v) is 3.56. The van der Waals surface area contributed by atoms with Gasteiger partial charge in [-0.2, -0.15) is 0 Å². The van der Waals surface area contributed by atoms with Gasteiger partial charge in [0, 0.05) is 6.07 Å². The molecule has 1 aliphatic heterocycles. The molecule has 0 N–H and O–H groups in total. The fourth-order valence-corrected chi connectivity index (χ4v) is 2.41. The minimum atomic E-state index is -0.680. The van der Waals surface area contributed by atoms with Gasteiger partial charge in [-0.05, 0) is 25.8 Å². The molecule has 103 valence electrons. The van der Waals surface area contributed by atoms with Crippen molar-refractivity contribution in [1.29, 1.82) is 0 Å². The van der Waals surface area contributed by atoms with Crippen LogP contribution in [0.5, 0.6) is 0 Å². The first-order valence-electron chi connectivity index (χ1n) is 6.45. The van der Waals surface area contributed by atoms with E-state index in [1.54, 1.807) is 18.2 Å². The number of benzene rings is 1. The first-order valence-corrected chi connectivity index (χ1v) is 6.45. The van der Waals surface area contributed by atoms with E-state index in [-0.39, 0.29) is 5.69 Å². The normalized spacial score (nSPS) is 25.4. The Bertz CT molecular complexity index is 470. The lowest BCUT2D eigenvalue weighted by Gasteiger charge is -2.25. The highest BCUT2D eigenvalue weighted by atomic mass is 16.8. The van der Waals surface area contributed by atoms with Crippen molar-refractivity contribution in [2.45, 2.75) is 44.7 Å². The topological polar surface area (TPSA) is 61.6 Å². The molecule has 0 saturated carbocycles. The molecule has 5 nitrogen and oxygen atoms in total. The first kappa shape index (κ1) is 14.0. The third-order valence-electron chi connectivity index (χ3n) is 3.56. The number of hydrogen-bond donors (Lipinski definition) is 0. The van der Waals surface area contributed by atoms with Crippen molar-refractivity contribution in [3.05, 3.63) is 46.9 Å². The molecule has 5 heteroatoms. The zero-order chi connectivity index (χ0) is 14.0. The molecule has 19 heavy (non-hydrogen) atoms. The summed E-state index contributed by atoms with van der Waals surface area (Å²) in [6, 6.07) is 6.58. The van der Waals surface area contributed by atoms with E-state index in [0.717, 1.165) is 0 Å². The second-order valence-electron chi connectivity index (χ2n) is 4.63. The zero-order valence-electron chi connectivity index (χ0n) is 11.2. The highest BCUT2D eigenvalue weighted by Gasteiger charge is 2.45. The summed E-state index contributed by atoms with van der Waals surface area (Å²) in [4.78, 5) is 10.7. The number of nitrogens with zero attached hydrogens (tertiary/aromatic N) is 1. The lowest BCUT2D eigenvalue weighted by molar-refractivity contribution is -0.386. The number of rotatable bonds is 4. The first-order chi connectivity index (χ1) is 9.03. The van der Waals surface area contributed by atoms with E-state index in [1.807, 2.05) is 13.8 Å². The van der Waals surface area contributed by atoms with Crippen molar-refractivity contribution in [2.24, 2.45) is 0 Å². The maximum absolute atomic E-state index is 11.1. The monoisotopic (exact) mass is 264 g/mol. The molecule has 2 atom stereocenters. The van der Waals surface area contributed by atoms with Crippen LogP contribution in [0.3, 0.4) is 0 Å². The van der Waals surface area contributed by atoms with Crippen LogP contribution in [0.1, 0.15) is 38.4 Å². The standard InChI is InChI=1S/C14H18NO4/c1-4-14(5-2)18-10(3)13(19-14)11-8-6-7-9-12(11)15(16)17/h6-10,13H,3-5H2,1-2H3/t10-,13+/m1/s1. The quantitative estimate of drug-likeness (QED) is 0.617. The third kappa shape index (κ3) is 2.48. The van der Waals surface area contributed by atoms with Gasteiger partial charge in [0.1, 0.15) is 6.10 Å². The van der Waals surface area contributed by atoms with Crippen molar-refractivity contribution in [2.75, 3.05) is 0 Å². The average Bonchev–Trinajstić information content (AvgIpc) is 2.76. The lowest BCUT2D eigenvalue weighted by atomic mass is 10.0. The molecule has 1 radical (unpaired) electrons. The Labute approximate surface area is 112 Å². The molecular weight excluding hydrogens is 246 g/mol. The van der Waals surface area contributed by atoms with E-state index in [2.05, 4.69) is 6.92 Å². The molecular formula is C14H18NO4. The summed E-state index contributed by atoms with van der Waals surface area (Å²) in [5.41, 5.74) is 0.573. The largest absolute Gasteiger partial charge is 0.344 e. The Kier molecular flexibility index (Phi) is 3.87. The summed E-state index contributed by atoms with van der Waals surface area (Å²) in [5.74, 6) is -0.680. The smallest absolute Gasteiger partial charge is 0.275 e. The van der Waals surface area contributed by atoms with Gasteiger partial charge >= 0.3 is 0 Å². The van der Waals surface area contributed by atoms with Crippen LogP contribution < -0.4 is 0 Å². The molecule has 1 fully saturated rings. The summed E-state index contributed by atoms with van der Waals surface area (Å²) in [6.45, 7) is 7.86. The molecule has 0 aromatic heterocycles. The van der Waals surface area contributed by atoms with Gasteiger partial charge in [0.15, 0.2) is 5.79 Å². The number of hydrogen-bond acceptors (Lipinski definition) is 4. The second-order valence-corrected chi connectivity index (χ2v) is 4.63. The van der Waals surface area contributed by atoms with Crippen LogP contribution in [0.15, 0.2) is 24.3 Å². The van der Waals surface area contributed by atoms with Gasteiger partial charge in [0.05, 0.1) is 16.6 Å². The van der Waals surface area contributed by atoms with E-state index in [9.17, 15) is 10.1 Å². The van der Waals surface area contributed by atoms with Gasteiger partial charge in [-0.25, -0.2) is 0 Å². The van der Waals surface area contributed by atoms with Gasteiger partial charge in [-0.3, -0.25) is 10.1 Å². The Morgan fingerprint density at radius 2 is 1.95 bits per heavy atom. The van der Waals surface area contributed by atoms with Gasteiger partial charge in [-0.1, -0.05) is 26.0 Å². The Balaban J connectivity index is 2.36. The van der Waals surface area contributed by atoms with Crippen molar-refractivity contribution < 1.29 is 14.4 Å². The number of nitro benzene ring substituents is 1. The number of para-hydroxylation sites is 1. The summed E-state index contributed by atoms with van der Waals surface area (Å²) in [6.07, 6.45) is 0.432. The van der Waals surface area contributed by atoms with Gasteiger partial charge in [-0.15, -0.1) is 0 Å². The van der Waals surface area contributed by atoms with Crippen LogP contribution in [0.4, 0.5) is 5.69 Å². The van der Waals surface area contributed by atoms with Gasteiger partial charge in [0.25, 0.3) is 5.69 Å². The van der Waals surface area contributed by atoms with Crippen molar-refractivity contribution >= 4 is 5.69 Å². The Morgan fingerprint density at radius 3 is 2.47 bits per heavy atom. The summed E-state index contributed by atoms with van der Waals surface area (Å²) >= 11 is 0. The Morgan fingerprint density at radius 1 is 1.32 bits per heavy atom. The van der Waals surface area contributed by atoms with Crippen molar-refractivity contribution in [3.8, 4) is 0 Å². The second kappa shape index (κ2) is 5.27. The van der Waals surface area contributed by atoms with Crippen LogP contribution in [0, 0.1) is 17.0 Å². The number of ether oxygens (including phenoxy) is 2. The van der Waals surface area contributed by atoms with Crippen molar-refractivity contribution in [3.63, 3.8) is 0 Å². The lowest BCUT2D eigenvalue weighted by Crippen LogP contribution is -2.28. The fourth-order valence-electron chi connectivity index (χ4n) is 2.41. The maximum Gasteiger partial charge on any atom is 0.275 e. The number of nitro groups is 1. The van der Waals surface area contributed by atoms with E-state index < -0.39 is 22.9 Å². The van der Waals surface area contributed by atoms with E-state index in [4.69, 9.17) is 9.47 Å². The van der Waals surface area contributed by atoms with Crippen LogP contribution in [0.2, 0.25) is 0 Å². The molecule has 1 heterocycles. The van der Waals surface area contributed by atoms with Crippen molar-refractivity contribution in [1.82, 2.24) is 0 Å². The highest BCUT2D eigenvalue weighted by Crippen LogP contribution is 2.43. The molecule has 1 aliphatic rings. The molecule has 0 unspecified atom stereocenters. The molecule has 1 saturated heterocycles. The average molecular weight is 264 g/mol. The summed E-state index contributed by atoms with van der Waals surface area (Å²) in [7, 11) is 0. The van der Waals surface area contributed by atoms with E-state index in [1.165, 1.54) is 6.07 Å². The maximum atomic E-state index is 11.1. The SMILES string of the molecule is [CH2][C@H]1OC(CC)(CC)O[C@@H]1c1ccccc1[N+](=O)[O-]. The predicted octanol–water partition coefficient (Wildman–Crippen LogP) is 3.40. The fraction of sp³-hybridized carbons (Fsp3) is 0.500. The summed E-state index contributed by atoms with van der Waals surface area (Å²) < 4.78 is 11.7. The summed E-state index contributed by atoms with van der Waals surface area (Å²) in [5, 5.41) is 11.1. The van der Waals surface area contributed by atoms with E-state index >= 15 is 0 Å². The zero-order valence-corrected chi connectivity index (χ0v) is 11.2. The molecule has 0 bridgehead atoms.